The van der Waals surface area contributed by atoms with Gasteiger partial charge in [-0.05, 0) is 30.3 Å². The number of amides is 1. The van der Waals surface area contributed by atoms with Gasteiger partial charge in [0.1, 0.15) is 32.7 Å². The number of quaternary nitrogens is 2. The van der Waals surface area contributed by atoms with Crippen molar-refractivity contribution < 1.29 is 32.2 Å². The van der Waals surface area contributed by atoms with E-state index in [9.17, 15) is 18.0 Å². The number of benzene rings is 1. The van der Waals surface area contributed by atoms with Crippen LogP contribution in [0.4, 0.5) is 18.9 Å². The van der Waals surface area contributed by atoms with Gasteiger partial charge in [0.15, 0.2) is 12.3 Å². The molecule has 140 valence electrons. The van der Waals surface area contributed by atoms with Gasteiger partial charge in [-0.15, -0.1) is 0 Å². The molecule has 1 aliphatic heterocycles. The average molecular weight is 369 g/mol. The number of halogens is 3. The van der Waals surface area contributed by atoms with Crippen molar-refractivity contribution in [2.24, 2.45) is 0 Å². The van der Waals surface area contributed by atoms with Gasteiger partial charge in [0.25, 0.3) is 5.91 Å². The van der Waals surface area contributed by atoms with Gasteiger partial charge < -0.3 is 19.5 Å². The summed E-state index contributed by atoms with van der Waals surface area (Å²) in [6.07, 6.45) is -2.76. The van der Waals surface area contributed by atoms with Crippen LogP contribution < -0.4 is 15.1 Å². The zero-order valence-corrected chi connectivity index (χ0v) is 14.2. The number of alkyl halides is 3. The van der Waals surface area contributed by atoms with Crippen LogP contribution in [-0.2, 0) is 17.5 Å². The van der Waals surface area contributed by atoms with Crippen molar-refractivity contribution in [1.82, 2.24) is 0 Å². The molecule has 0 radical (unpaired) electrons. The van der Waals surface area contributed by atoms with E-state index in [-0.39, 0.29) is 18.1 Å². The lowest BCUT2D eigenvalue weighted by Gasteiger charge is -2.28. The van der Waals surface area contributed by atoms with Crippen LogP contribution in [0.2, 0.25) is 0 Å². The van der Waals surface area contributed by atoms with Crippen LogP contribution in [0.25, 0.3) is 0 Å². The second-order valence-electron chi connectivity index (χ2n) is 6.56. The standard InChI is InChI=1S/C18H20F3N3O2/c19-18(20,21)14-3-1-4-15(11-14)22-17(25)13-24-8-6-23(7-9-24)12-16-5-2-10-26-16/h1-5,10-11H,6-9,12-13H2,(H,22,25)/p+2. The van der Waals surface area contributed by atoms with Gasteiger partial charge in [-0.3, -0.25) is 4.79 Å². The number of furan rings is 1. The summed E-state index contributed by atoms with van der Waals surface area (Å²) in [5.74, 6) is 0.680. The summed E-state index contributed by atoms with van der Waals surface area (Å²) in [6.45, 7) is 4.61. The summed E-state index contributed by atoms with van der Waals surface area (Å²) in [5.41, 5.74) is -0.593. The second kappa shape index (κ2) is 7.92. The van der Waals surface area contributed by atoms with Crippen molar-refractivity contribution in [3.8, 4) is 0 Å². The van der Waals surface area contributed by atoms with Crippen molar-refractivity contribution in [1.29, 1.82) is 0 Å². The van der Waals surface area contributed by atoms with Crippen molar-refractivity contribution in [2.75, 3.05) is 38.0 Å². The SMILES string of the molecule is O=C(C[NH+]1CC[NH+](Cc2ccco2)CC1)Nc1cccc(C(F)(F)F)c1. The third-order valence-corrected chi connectivity index (χ3v) is 4.55. The fourth-order valence-electron chi connectivity index (χ4n) is 3.18. The van der Waals surface area contributed by atoms with Crippen molar-refractivity contribution in [3.05, 3.63) is 54.0 Å². The van der Waals surface area contributed by atoms with Crippen molar-refractivity contribution >= 4 is 11.6 Å². The van der Waals surface area contributed by atoms with Gasteiger partial charge in [-0.25, -0.2) is 0 Å². The highest BCUT2D eigenvalue weighted by atomic mass is 19.4. The molecule has 0 bridgehead atoms. The highest BCUT2D eigenvalue weighted by molar-refractivity contribution is 5.91. The quantitative estimate of drug-likeness (QED) is 0.706. The van der Waals surface area contributed by atoms with Gasteiger partial charge in [-0.2, -0.15) is 13.2 Å². The molecule has 0 saturated carbocycles. The molecule has 2 aromatic rings. The summed E-state index contributed by atoms with van der Waals surface area (Å²) < 4.78 is 43.5. The number of hydrogen-bond acceptors (Lipinski definition) is 2. The predicted octanol–water partition coefficient (Wildman–Crippen LogP) is 0.221. The zero-order valence-electron chi connectivity index (χ0n) is 14.2. The fraction of sp³-hybridized carbons (Fsp3) is 0.389. The molecule has 26 heavy (non-hydrogen) atoms. The normalized spacial score (nSPS) is 20.7. The van der Waals surface area contributed by atoms with Crippen LogP contribution >= 0.6 is 0 Å². The lowest BCUT2D eigenvalue weighted by atomic mass is 10.2. The fourth-order valence-corrected chi connectivity index (χ4v) is 3.18. The Morgan fingerprint density at radius 2 is 1.81 bits per heavy atom. The summed E-state index contributed by atoms with van der Waals surface area (Å²) in [6, 6.07) is 8.53. The lowest BCUT2D eigenvalue weighted by molar-refractivity contribution is -1.02. The van der Waals surface area contributed by atoms with Gasteiger partial charge in [0, 0.05) is 5.69 Å². The molecule has 3 N–H and O–H groups in total. The maximum atomic E-state index is 12.7. The molecule has 1 amide bonds. The van der Waals surface area contributed by atoms with E-state index in [0.717, 1.165) is 55.5 Å². The number of nitrogens with one attached hydrogen (secondary N) is 3. The molecule has 0 spiro atoms. The minimum atomic E-state index is -4.42. The van der Waals surface area contributed by atoms with E-state index >= 15 is 0 Å². The highest BCUT2D eigenvalue weighted by Crippen LogP contribution is 2.30. The zero-order chi connectivity index (χ0) is 18.6. The van der Waals surface area contributed by atoms with Crippen LogP contribution in [0, 0.1) is 0 Å². The Kier molecular flexibility index (Phi) is 5.63. The van der Waals surface area contributed by atoms with Gasteiger partial charge in [0.05, 0.1) is 11.8 Å². The van der Waals surface area contributed by atoms with Crippen LogP contribution in [0.1, 0.15) is 11.3 Å². The van der Waals surface area contributed by atoms with E-state index < -0.39 is 11.7 Å². The van der Waals surface area contributed by atoms with Crippen molar-refractivity contribution in [2.45, 2.75) is 12.7 Å². The third kappa shape index (κ3) is 5.09. The largest absolute Gasteiger partial charge is 0.463 e. The first-order valence-electron chi connectivity index (χ1n) is 8.57. The number of piperazine rings is 1. The van der Waals surface area contributed by atoms with E-state index in [1.807, 2.05) is 12.1 Å². The third-order valence-electron chi connectivity index (χ3n) is 4.55. The minimum absolute atomic E-state index is 0.173. The Balaban J connectivity index is 1.46. The summed E-state index contributed by atoms with van der Waals surface area (Å²) in [7, 11) is 0. The molecule has 2 heterocycles. The summed E-state index contributed by atoms with van der Waals surface area (Å²) in [5, 5.41) is 2.57. The maximum absolute atomic E-state index is 12.7. The van der Waals surface area contributed by atoms with Gasteiger partial charge in [0.2, 0.25) is 0 Å². The van der Waals surface area contributed by atoms with Crippen LogP contribution in [-0.4, -0.2) is 38.6 Å². The Labute approximate surface area is 149 Å². The minimum Gasteiger partial charge on any atom is -0.463 e. The molecule has 1 aromatic carbocycles. The summed E-state index contributed by atoms with van der Waals surface area (Å²) >= 11 is 0. The Hall–Kier alpha value is -2.32. The average Bonchev–Trinajstić information content (AvgIpc) is 3.09. The monoisotopic (exact) mass is 369 g/mol. The number of carbonyl (C=O) groups excluding carboxylic acids is 1. The Morgan fingerprint density at radius 3 is 2.46 bits per heavy atom. The van der Waals surface area contributed by atoms with Crippen LogP contribution in [0.15, 0.2) is 47.1 Å². The molecule has 3 rings (SSSR count). The molecule has 0 atom stereocenters. The molecule has 0 unspecified atom stereocenters. The van der Waals surface area contributed by atoms with Gasteiger partial charge >= 0.3 is 6.18 Å². The van der Waals surface area contributed by atoms with E-state index in [4.69, 9.17) is 4.42 Å². The molecule has 1 aromatic heterocycles. The predicted molar refractivity (Wildman–Crippen MR) is 88.7 cm³/mol. The van der Waals surface area contributed by atoms with E-state index in [1.54, 1.807) is 6.26 Å². The summed E-state index contributed by atoms with van der Waals surface area (Å²) in [4.78, 5) is 14.7. The molecular formula is C18H22F3N3O2+2. The van der Waals surface area contributed by atoms with Crippen LogP contribution in [0.5, 0.6) is 0 Å². The number of anilines is 1. The molecule has 1 aliphatic rings. The van der Waals surface area contributed by atoms with Crippen molar-refractivity contribution in [3.63, 3.8) is 0 Å². The second-order valence-corrected chi connectivity index (χ2v) is 6.56. The molecule has 1 saturated heterocycles. The lowest BCUT2D eigenvalue weighted by Crippen LogP contribution is -3.28. The Bertz CT molecular complexity index is 724. The van der Waals surface area contributed by atoms with Gasteiger partial charge in [-0.1, -0.05) is 6.07 Å². The highest BCUT2D eigenvalue weighted by Gasteiger charge is 2.31. The molecule has 0 aliphatic carbocycles. The number of carbonyl (C=O) groups is 1. The molecule has 1 fully saturated rings. The smallest absolute Gasteiger partial charge is 0.416 e. The van der Waals surface area contributed by atoms with Crippen LogP contribution in [0.3, 0.4) is 0 Å². The first-order valence-corrected chi connectivity index (χ1v) is 8.57. The van der Waals surface area contributed by atoms with E-state index in [0.29, 0.717) is 0 Å². The van der Waals surface area contributed by atoms with E-state index in [1.165, 1.54) is 17.0 Å². The molecule has 5 nitrogen and oxygen atoms in total. The number of hydrogen-bond donors (Lipinski definition) is 3. The Morgan fingerprint density at radius 1 is 1.08 bits per heavy atom. The first-order chi connectivity index (χ1) is 12.4. The topological polar surface area (TPSA) is 51.1 Å². The molecular weight excluding hydrogens is 347 g/mol. The maximum Gasteiger partial charge on any atom is 0.416 e. The first kappa shape index (κ1) is 18.5. The van der Waals surface area contributed by atoms with E-state index in [2.05, 4.69) is 5.32 Å². The molecule has 8 heteroatoms. The number of rotatable bonds is 5.